The van der Waals surface area contributed by atoms with E-state index in [0.29, 0.717) is 58.7 Å². The number of allylic oxidation sites excluding steroid dienone is 4. The fourth-order valence-electron chi connectivity index (χ4n) is 12.9. The Morgan fingerprint density at radius 3 is 2.46 bits per heavy atom. The molecule has 252 valence electrons. The van der Waals surface area contributed by atoms with E-state index in [1.165, 1.54) is 61.0 Å². The van der Waals surface area contributed by atoms with Gasteiger partial charge >= 0.3 is 5.97 Å². The molecule has 4 heteroatoms. The van der Waals surface area contributed by atoms with E-state index in [1.54, 1.807) is 12.1 Å². The van der Waals surface area contributed by atoms with Crippen LogP contribution in [0.25, 0.3) is 0 Å². The molecule has 0 saturated heterocycles. The van der Waals surface area contributed by atoms with Gasteiger partial charge < -0.3 is 9.47 Å². The second-order valence-electron chi connectivity index (χ2n) is 17.5. The molecule has 10 atom stereocenters. The van der Waals surface area contributed by atoms with Crippen molar-refractivity contribution in [3.8, 4) is 5.75 Å². The summed E-state index contributed by atoms with van der Waals surface area (Å²) in [6.07, 6.45) is 20.0. The van der Waals surface area contributed by atoms with Crippen LogP contribution in [-0.4, -0.2) is 17.9 Å². The quantitative estimate of drug-likeness (QED) is 0.246. The molecule has 9 rings (SSSR count). The number of Topliss-reactive ketones (excluding diaryl/α,β-unsaturated/α-hetero) is 1. The molecule has 0 aliphatic heterocycles. The van der Waals surface area contributed by atoms with Gasteiger partial charge in [0, 0.05) is 23.7 Å². The van der Waals surface area contributed by atoms with Crippen molar-refractivity contribution >= 4 is 11.8 Å². The summed E-state index contributed by atoms with van der Waals surface area (Å²) < 4.78 is 12.9. The van der Waals surface area contributed by atoms with Crippen molar-refractivity contribution in [1.29, 1.82) is 0 Å². The maximum Gasteiger partial charge on any atom is 0.343 e. The summed E-state index contributed by atoms with van der Waals surface area (Å²) in [6, 6.07) is 15.7. The predicted octanol–water partition coefficient (Wildman–Crippen LogP) is 10.2. The third-order valence-electron chi connectivity index (χ3n) is 15.6. The van der Waals surface area contributed by atoms with Crippen LogP contribution >= 0.6 is 0 Å². The largest absolute Gasteiger partial charge is 0.494 e. The van der Waals surface area contributed by atoms with E-state index in [0.717, 1.165) is 44.9 Å². The number of aryl methyl sites for hydroxylation is 1. The Morgan fingerprint density at radius 1 is 0.771 bits per heavy atom. The van der Waals surface area contributed by atoms with Gasteiger partial charge in [-0.15, -0.1) is 0 Å². The molecule has 7 aliphatic carbocycles. The first kappa shape index (κ1) is 30.9. The van der Waals surface area contributed by atoms with Crippen molar-refractivity contribution in [3.05, 3.63) is 88.7 Å². The molecule has 0 amide bonds. The van der Waals surface area contributed by atoms with Crippen molar-refractivity contribution in [1.82, 2.24) is 0 Å². The van der Waals surface area contributed by atoms with Crippen molar-refractivity contribution in [2.75, 3.05) is 0 Å². The van der Waals surface area contributed by atoms with E-state index in [-0.39, 0.29) is 22.2 Å². The van der Waals surface area contributed by atoms with E-state index in [2.05, 4.69) is 45.1 Å². The van der Waals surface area contributed by atoms with Crippen LogP contribution in [0.4, 0.5) is 0 Å². The first-order chi connectivity index (χ1) is 23.2. The highest BCUT2D eigenvalue weighted by atomic mass is 16.5. The van der Waals surface area contributed by atoms with Crippen LogP contribution in [0.1, 0.15) is 125 Å². The Hall–Kier alpha value is -3.14. The van der Waals surface area contributed by atoms with Gasteiger partial charge in [0.05, 0.1) is 11.3 Å². The number of carbonyl (C=O) groups excluding carboxylic acids is 2. The van der Waals surface area contributed by atoms with Gasteiger partial charge in [0.25, 0.3) is 0 Å². The van der Waals surface area contributed by atoms with E-state index in [4.69, 9.17) is 9.47 Å². The van der Waals surface area contributed by atoms with Crippen molar-refractivity contribution in [2.45, 2.75) is 116 Å². The first-order valence-electron chi connectivity index (χ1n) is 19.2. The summed E-state index contributed by atoms with van der Waals surface area (Å²) in [5.41, 5.74) is 5.35. The van der Waals surface area contributed by atoms with Gasteiger partial charge in [0.1, 0.15) is 17.6 Å². The van der Waals surface area contributed by atoms with Gasteiger partial charge in [0.15, 0.2) is 0 Å². The van der Waals surface area contributed by atoms with Crippen molar-refractivity contribution < 1.29 is 19.1 Å². The fourth-order valence-corrected chi connectivity index (χ4v) is 12.9. The Labute approximate surface area is 286 Å². The monoisotopic (exact) mass is 644 g/mol. The number of hydrogen-bond donors (Lipinski definition) is 0. The van der Waals surface area contributed by atoms with Gasteiger partial charge in [-0.25, -0.2) is 4.79 Å². The minimum absolute atomic E-state index is 0.0597. The first-order valence-corrected chi connectivity index (χ1v) is 19.2. The maximum atomic E-state index is 12.9. The second kappa shape index (κ2) is 11.2. The highest BCUT2D eigenvalue weighted by Crippen LogP contribution is 2.65. The summed E-state index contributed by atoms with van der Waals surface area (Å²) in [5.74, 6) is 6.06. The Morgan fingerprint density at radius 2 is 1.60 bits per heavy atom. The molecule has 0 N–H and O–H groups in total. The van der Waals surface area contributed by atoms with Crippen molar-refractivity contribution in [3.63, 3.8) is 0 Å². The predicted molar refractivity (Wildman–Crippen MR) is 188 cm³/mol. The summed E-state index contributed by atoms with van der Waals surface area (Å²) in [7, 11) is 0. The van der Waals surface area contributed by atoms with Gasteiger partial charge in [-0.05, 0) is 159 Å². The molecule has 0 unspecified atom stereocenters. The molecular formula is C44H52O4. The zero-order valence-electron chi connectivity index (χ0n) is 29.1. The zero-order chi connectivity index (χ0) is 32.8. The molecule has 4 fully saturated rings. The van der Waals surface area contributed by atoms with E-state index >= 15 is 0 Å². The standard InChI is InChI=1S/C44H52O4/c1-42-22-19-31(26-29(42)10-13-35-37-15-17-39(45)43(37,2)24-21-38(35)42)47-40-18-16-36-34-12-9-28-25-30(48-41(46)27-7-5-4-6-8-27)11-14-32(28)33(34)20-23-44(36,40)3/h4-8,10-11,14,25-26,33-38,40H,9,12-13,15-24H2,1-3H3/t33-,34-,35+,36+,37+,38+,40+,42+,43+,44+/m1/s1. The lowest BCUT2D eigenvalue weighted by Gasteiger charge is -2.55. The number of fused-ring (bicyclic) bond motifs is 10. The van der Waals surface area contributed by atoms with E-state index < -0.39 is 0 Å². The molecule has 2 aromatic rings. The smallest absolute Gasteiger partial charge is 0.343 e. The number of ketones is 1. The SMILES string of the molecule is C[C@]12CC[C@@H]3c4ccc(OC(=O)c5ccccc5)cc4CC[C@H]3[C@@H]1CC[C@@H]2OC1=CC2=CC[C@@H]3[C@H](CC[C@]4(C)C(=O)CC[C@@H]34)[C@@]2(C)CC1. The van der Waals surface area contributed by atoms with Crippen LogP contribution in [0.2, 0.25) is 0 Å². The average Bonchev–Trinajstić information content (AvgIpc) is 3.59. The number of ether oxygens (including phenoxy) is 2. The normalized spacial score (nSPS) is 41.0. The Kier molecular flexibility index (Phi) is 7.20. The van der Waals surface area contributed by atoms with Gasteiger partial charge in [0.2, 0.25) is 0 Å². The lowest BCUT2D eigenvalue weighted by Crippen LogP contribution is -2.49. The molecule has 4 saturated carbocycles. The lowest BCUT2D eigenvalue weighted by molar-refractivity contribution is -0.131. The van der Waals surface area contributed by atoms with E-state index in [1.807, 2.05) is 24.3 Å². The molecule has 0 aromatic heterocycles. The highest BCUT2D eigenvalue weighted by molar-refractivity contribution is 5.91. The lowest BCUT2D eigenvalue weighted by atomic mass is 9.49. The second-order valence-corrected chi connectivity index (χ2v) is 17.5. The molecule has 4 nitrogen and oxygen atoms in total. The third-order valence-corrected chi connectivity index (χ3v) is 15.6. The van der Waals surface area contributed by atoms with Crippen LogP contribution < -0.4 is 4.74 Å². The number of rotatable bonds is 4. The highest BCUT2D eigenvalue weighted by Gasteiger charge is 2.59. The van der Waals surface area contributed by atoms with Crippen molar-refractivity contribution in [2.24, 2.45) is 45.8 Å². The van der Waals surface area contributed by atoms with Crippen LogP contribution in [-0.2, 0) is 16.0 Å². The van der Waals surface area contributed by atoms with Crippen LogP contribution in [0.5, 0.6) is 5.75 Å². The number of esters is 1. The van der Waals surface area contributed by atoms with Crippen LogP contribution in [0.3, 0.4) is 0 Å². The molecule has 48 heavy (non-hydrogen) atoms. The molecule has 0 radical (unpaired) electrons. The van der Waals surface area contributed by atoms with Crippen LogP contribution in [0.15, 0.2) is 72.0 Å². The van der Waals surface area contributed by atoms with Gasteiger partial charge in [-0.3, -0.25) is 4.79 Å². The maximum absolute atomic E-state index is 12.9. The summed E-state index contributed by atoms with van der Waals surface area (Å²) in [6.45, 7) is 7.37. The van der Waals surface area contributed by atoms with E-state index in [9.17, 15) is 9.59 Å². The zero-order valence-corrected chi connectivity index (χ0v) is 29.1. The average molecular weight is 645 g/mol. The van der Waals surface area contributed by atoms with Gasteiger partial charge in [-0.2, -0.15) is 0 Å². The number of benzene rings is 2. The topological polar surface area (TPSA) is 52.6 Å². The minimum atomic E-state index is -0.292. The minimum Gasteiger partial charge on any atom is -0.494 e. The Balaban J connectivity index is 0.888. The summed E-state index contributed by atoms with van der Waals surface area (Å²) in [5, 5.41) is 0. The molecular weight excluding hydrogens is 592 g/mol. The van der Waals surface area contributed by atoms with Crippen LogP contribution in [0, 0.1) is 45.8 Å². The van der Waals surface area contributed by atoms with Gasteiger partial charge in [-0.1, -0.05) is 51.1 Å². The summed E-state index contributed by atoms with van der Waals surface area (Å²) >= 11 is 0. The molecule has 0 bridgehead atoms. The molecule has 7 aliphatic rings. The molecule has 0 heterocycles. The molecule has 2 aromatic carbocycles. The Bertz CT molecular complexity index is 1700. The number of hydrogen-bond acceptors (Lipinski definition) is 4. The fraction of sp³-hybridized carbons (Fsp3) is 0.591. The third kappa shape index (κ3) is 4.59. The summed E-state index contributed by atoms with van der Waals surface area (Å²) in [4.78, 5) is 25.6. The molecule has 0 spiro atoms. The number of carbonyl (C=O) groups is 2.